The molecule has 2 atom stereocenters. The van der Waals surface area contributed by atoms with Gasteiger partial charge in [0.1, 0.15) is 5.92 Å². The average molecular weight is 411 g/mol. The zero-order valence-electron chi connectivity index (χ0n) is 16.9. The molecule has 0 aromatic heterocycles. The average Bonchev–Trinajstić information content (AvgIpc) is 3.23. The quantitative estimate of drug-likeness (QED) is 0.718. The van der Waals surface area contributed by atoms with Crippen LogP contribution in [-0.4, -0.2) is 51.4 Å². The van der Waals surface area contributed by atoms with E-state index in [-0.39, 0.29) is 12.7 Å². The zero-order valence-corrected chi connectivity index (χ0v) is 16.9. The third-order valence-electron chi connectivity index (χ3n) is 6.06. The molecule has 0 N–H and O–H groups in total. The van der Waals surface area contributed by atoms with E-state index < -0.39 is 17.9 Å². The van der Waals surface area contributed by atoms with E-state index in [0.717, 1.165) is 11.1 Å². The lowest BCUT2D eigenvalue weighted by Crippen LogP contribution is -2.48. The highest BCUT2D eigenvalue weighted by Crippen LogP contribution is 2.50. The van der Waals surface area contributed by atoms with Crippen molar-refractivity contribution in [3.05, 3.63) is 46.5 Å². The van der Waals surface area contributed by atoms with E-state index >= 15 is 0 Å². The summed E-state index contributed by atoms with van der Waals surface area (Å²) in [6.45, 7) is 0.642. The van der Waals surface area contributed by atoms with E-state index in [9.17, 15) is 9.59 Å². The first kappa shape index (κ1) is 18.6. The third-order valence-corrected chi connectivity index (χ3v) is 6.06. The van der Waals surface area contributed by atoms with Gasteiger partial charge in [0.2, 0.25) is 6.79 Å². The number of carbonyl (C=O) groups is 2. The third kappa shape index (κ3) is 2.52. The molecular weight excluding hydrogens is 390 g/mol. The van der Waals surface area contributed by atoms with E-state index in [1.54, 1.807) is 17.0 Å². The van der Waals surface area contributed by atoms with Crippen LogP contribution in [0.15, 0.2) is 24.3 Å². The van der Waals surface area contributed by atoms with E-state index in [2.05, 4.69) is 0 Å². The van der Waals surface area contributed by atoms with Gasteiger partial charge in [-0.3, -0.25) is 9.59 Å². The molecule has 2 aromatic carbocycles. The van der Waals surface area contributed by atoms with E-state index in [4.69, 9.17) is 23.7 Å². The SMILES string of the molecule is COC(=O)[C@@H]1c2cc(OC)c(OC)cc2C(=O)N2CCc3cc4c(cc3[C@@H]12)OCO4. The molecule has 0 spiro atoms. The van der Waals surface area contributed by atoms with Gasteiger partial charge >= 0.3 is 5.97 Å². The maximum atomic E-state index is 13.4. The van der Waals surface area contributed by atoms with Gasteiger partial charge in [0.15, 0.2) is 23.0 Å². The standard InChI is InChI=1S/C22H21NO7/c1-26-15-8-13-14(9-16(15)27-2)21(24)23-5-4-11-6-17-18(30-10-29-17)7-12(11)20(23)19(13)22(25)28-3/h6-9,19-20H,4-5,10H2,1-3H3/t19-,20+/m1/s1. The van der Waals surface area contributed by atoms with Crippen molar-refractivity contribution in [3.8, 4) is 23.0 Å². The number of nitrogens with zero attached hydrogens (tertiary/aromatic N) is 1. The summed E-state index contributed by atoms with van der Waals surface area (Å²) >= 11 is 0. The topological polar surface area (TPSA) is 83.5 Å². The zero-order chi connectivity index (χ0) is 21.0. The van der Waals surface area contributed by atoms with E-state index in [0.29, 0.717) is 47.1 Å². The van der Waals surface area contributed by atoms with Gasteiger partial charge in [0.25, 0.3) is 5.91 Å². The monoisotopic (exact) mass is 411 g/mol. The summed E-state index contributed by atoms with van der Waals surface area (Å²) in [5.41, 5.74) is 2.89. The van der Waals surface area contributed by atoms with Gasteiger partial charge in [-0.05, 0) is 47.4 Å². The van der Waals surface area contributed by atoms with Crippen molar-refractivity contribution < 1.29 is 33.3 Å². The molecule has 0 unspecified atom stereocenters. The molecule has 3 aliphatic heterocycles. The van der Waals surface area contributed by atoms with Gasteiger partial charge < -0.3 is 28.6 Å². The van der Waals surface area contributed by atoms with Crippen LogP contribution in [0.3, 0.4) is 0 Å². The number of fused-ring (bicyclic) bond motifs is 5. The molecule has 0 radical (unpaired) electrons. The summed E-state index contributed by atoms with van der Waals surface area (Å²) < 4.78 is 27.0. The molecule has 5 rings (SSSR count). The van der Waals surface area contributed by atoms with Crippen LogP contribution >= 0.6 is 0 Å². The Morgan fingerprint density at radius 3 is 2.40 bits per heavy atom. The summed E-state index contributed by atoms with van der Waals surface area (Å²) in [5, 5.41) is 0. The van der Waals surface area contributed by atoms with Gasteiger partial charge in [0.05, 0.1) is 27.4 Å². The highest BCUT2D eigenvalue weighted by Gasteiger charge is 2.48. The first-order chi connectivity index (χ1) is 14.6. The first-order valence-electron chi connectivity index (χ1n) is 9.64. The lowest BCUT2D eigenvalue weighted by Gasteiger charge is -2.44. The number of amides is 1. The van der Waals surface area contributed by atoms with Gasteiger partial charge in [-0.2, -0.15) is 0 Å². The predicted octanol–water partition coefficient (Wildman–Crippen LogP) is 2.44. The van der Waals surface area contributed by atoms with Crippen LogP contribution in [-0.2, 0) is 16.0 Å². The molecule has 0 saturated carbocycles. The van der Waals surface area contributed by atoms with Crippen LogP contribution in [0.4, 0.5) is 0 Å². The smallest absolute Gasteiger partial charge is 0.315 e. The highest BCUT2D eigenvalue weighted by atomic mass is 16.7. The van der Waals surface area contributed by atoms with Crippen LogP contribution in [0, 0.1) is 0 Å². The minimum Gasteiger partial charge on any atom is -0.493 e. The van der Waals surface area contributed by atoms with Crippen LogP contribution in [0.2, 0.25) is 0 Å². The van der Waals surface area contributed by atoms with Gasteiger partial charge in [-0.15, -0.1) is 0 Å². The number of carbonyl (C=O) groups excluding carboxylic acids is 2. The Morgan fingerprint density at radius 2 is 1.70 bits per heavy atom. The number of hydrogen-bond donors (Lipinski definition) is 0. The maximum Gasteiger partial charge on any atom is 0.315 e. The van der Waals surface area contributed by atoms with Crippen molar-refractivity contribution in [3.63, 3.8) is 0 Å². The summed E-state index contributed by atoms with van der Waals surface area (Å²) in [6, 6.07) is 6.65. The molecule has 0 bridgehead atoms. The van der Waals surface area contributed by atoms with Crippen molar-refractivity contribution in [2.75, 3.05) is 34.7 Å². The van der Waals surface area contributed by atoms with Gasteiger partial charge in [0, 0.05) is 12.1 Å². The predicted molar refractivity (Wildman–Crippen MR) is 104 cm³/mol. The van der Waals surface area contributed by atoms with Crippen molar-refractivity contribution in [2.45, 2.75) is 18.4 Å². The number of rotatable bonds is 3. The Balaban J connectivity index is 1.73. The molecule has 0 aliphatic carbocycles. The molecule has 0 saturated heterocycles. The Hall–Kier alpha value is -3.42. The number of hydrogen-bond acceptors (Lipinski definition) is 7. The molecular formula is C22H21NO7. The van der Waals surface area contributed by atoms with Crippen LogP contribution in [0.1, 0.15) is 39.0 Å². The molecule has 8 nitrogen and oxygen atoms in total. The minimum absolute atomic E-state index is 0.153. The maximum absolute atomic E-state index is 13.4. The summed E-state index contributed by atoms with van der Waals surface area (Å²) in [5.74, 6) is 0.911. The Labute approximate surface area is 173 Å². The molecule has 3 aliphatic rings. The molecule has 156 valence electrons. The largest absolute Gasteiger partial charge is 0.493 e. The summed E-state index contributed by atoms with van der Waals surface area (Å²) in [7, 11) is 4.38. The molecule has 3 heterocycles. The second-order valence-corrected chi connectivity index (χ2v) is 7.39. The Kier molecular flexibility index (Phi) is 4.23. The van der Waals surface area contributed by atoms with Crippen LogP contribution in [0.25, 0.3) is 0 Å². The fraction of sp³-hybridized carbons (Fsp3) is 0.364. The van der Waals surface area contributed by atoms with Crippen molar-refractivity contribution in [2.24, 2.45) is 0 Å². The summed E-state index contributed by atoms with van der Waals surface area (Å²) in [4.78, 5) is 28.2. The van der Waals surface area contributed by atoms with Crippen LogP contribution < -0.4 is 18.9 Å². The fourth-order valence-corrected chi connectivity index (χ4v) is 4.67. The van der Waals surface area contributed by atoms with Gasteiger partial charge in [-0.1, -0.05) is 0 Å². The fourth-order valence-electron chi connectivity index (χ4n) is 4.67. The van der Waals surface area contributed by atoms with Crippen molar-refractivity contribution in [1.82, 2.24) is 4.90 Å². The Morgan fingerprint density at radius 1 is 1.00 bits per heavy atom. The molecule has 1 amide bonds. The van der Waals surface area contributed by atoms with Gasteiger partial charge in [-0.25, -0.2) is 0 Å². The second kappa shape index (κ2) is 6.83. The molecule has 2 aromatic rings. The first-order valence-corrected chi connectivity index (χ1v) is 9.64. The minimum atomic E-state index is -0.707. The molecule has 8 heteroatoms. The lowest BCUT2D eigenvalue weighted by atomic mass is 9.76. The van der Waals surface area contributed by atoms with Crippen molar-refractivity contribution >= 4 is 11.9 Å². The normalized spacial score (nSPS) is 20.8. The summed E-state index contributed by atoms with van der Waals surface area (Å²) in [6.07, 6.45) is 0.657. The Bertz CT molecular complexity index is 1060. The number of esters is 1. The van der Waals surface area contributed by atoms with E-state index in [1.807, 2.05) is 12.1 Å². The van der Waals surface area contributed by atoms with E-state index in [1.165, 1.54) is 21.3 Å². The lowest BCUT2D eigenvalue weighted by molar-refractivity contribution is -0.144. The highest BCUT2D eigenvalue weighted by molar-refractivity contribution is 6.01. The number of benzene rings is 2. The number of methoxy groups -OCH3 is 3. The van der Waals surface area contributed by atoms with Crippen LogP contribution in [0.5, 0.6) is 23.0 Å². The molecule has 0 fully saturated rings. The number of ether oxygens (including phenoxy) is 5. The molecule has 30 heavy (non-hydrogen) atoms. The van der Waals surface area contributed by atoms with Crippen molar-refractivity contribution in [1.29, 1.82) is 0 Å². The second-order valence-electron chi connectivity index (χ2n) is 7.39.